The van der Waals surface area contributed by atoms with Crippen LogP contribution in [0.15, 0.2) is 0 Å². The second-order valence-corrected chi connectivity index (χ2v) is 2.72. The Morgan fingerprint density at radius 1 is 1.78 bits per heavy atom. The minimum Gasteiger partial charge on any atom is -0.291 e. The van der Waals surface area contributed by atoms with E-state index in [1.165, 1.54) is 0 Å². The van der Waals surface area contributed by atoms with Crippen LogP contribution in [0.2, 0.25) is 0 Å². The summed E-state index contributed by atoms with van der Waals surface area (Å²) < 4.78 is 0. The molecular weight excluding hydrogens is 116 g/mol. The van der Waals surface area contributed by atoms with E-state index in [1.54, 1.807) is 0 Å². The number of hydrazine groups is 1. The first-order valence-electron chi connectivity index (χ1n) is 3.22. The molecular formula is C6H12N2O. The normalized spacial score (nSPS) is 34.7. The molecule has 0 aromatic carbocycles. The SMILES string of the molecule is CCC1(C)CNNC1=O. The fourth-order valence-electron chi connectivity index (χ4n) is 0.836. The Morgan fingerprint density at radius 2 is 2.44 bits per heavy atom. The molecule has 0 saturated carbocycles. The van der Waals surface area contributed by atoms with Crippen LogP contribution in [0.25, 0.3) is 0 Å². The molecule has 1 heterocycles. The largest absolute Gasteiger partial charge is 0.291 e. The molecule has 0 radical (unpaired) electrons. The summed E-state index contributed by atoms with van der Waals surface area (Å²) in [5.74, 6) is 0.116. The van der Waals surface area contributed by atoms with E-state index < -0.39 is 0 Å². The molecule has 1 fully saturated rings. The maximum absolute atomic E-state index is 11.0. The fraction of sp³-hybridized carbons (Fsp3) is 0.833. The molecule has 1 unspecified atom stereocenters. The first-order valence-corrected chi connectivity index (χ1v) is 3.22. The molecule has 1 saturated heterocycles. The summed E-state index contributed by atoms with van der Waals surface area (Å²) in [5.41, 5.74) is 5.22. The quantitative estimate of drug-likeness (QED) is 0.523. The Balaban J connectivity index is 2.67. The average Bonchev–Trinajstić information content (AvgIpc) is 2.15. The predicted molar refractivity (Wildman–Crippen MR) is 34.5 cm³/mol. The zero-order valence-electron chi connectivity index (χ0n) is 5.82. The van der Waals surface area contributed by atoms with Gasteiger partial charge in [0.2, 0.25) is 5.91 Å². The van der Waals surface area contributed by atoms with Crippen molar-refractivity contribution in [2.45, 2.75) is 20.3 Å². The Bertz CT molecular complexity index is 135. The molecule has 3 nitrogen and oxygen atoms in total. The van der Waals surface area contributed by atoms with Crippen LogP contribution in [0.1, 0.15) is 20.3 Å². The van der Waals surface area contributed by atoms with E-state index in [2.05, 4.69) is 10.9 Å². The van der Waals surface area contributed by atoms with Gasteiger partial charge in [0.15, 0.2) is 0 Å². The standard InChI is InChI=1S/C6H12N2O/c1-3-6(2)4-7-8-5(6)9/h7H,3-4H2,1-2H3,(H,8,9). The van der Waals surface area contributed by atoms with E-state index in [9.17, 15) is 4.79 Å². The molecule has 0 spiro atoms. The van der Waals surface area contributed by atoms with Crippen molar-refractivity contribution in [1.29, 1.82) is 0 Å². The number of carbonyl (C=O) groups is 1. The Kier molecular flexibility index (Phi) is 1.45. The van der Waals surface area contributed by atoms with Crippen LogP contribution in [-0.4, -0.2) is 12.5 Å². The molecule has 2 N–H and O–H groups in total. The summed E-state index contributed by atoms with van der Waals surface area (Å²) in [4.78, 5) is 11.0. The lowest BCUT2D eigenvalue weighted by Gasteiger charge is -2.14. The lowest BCUT2D eigenvalue weighted by atomic mass is 9.88. The van der Waals surface area contributed by atoms with Gasteiger partial charge in [0, 0.05) is 6.54 Å². The molecule has 0 aromatic rings. The summed E-state index contributed by atoms with van der Waals surface area (Å²) in [6.45, 7) is 4.73. The molecule has 1 atom stereocenters. The second kappa shape index (κ2) is 1.99. The fourth-order valence-corrected chi connectivity index (χ4v) is 0.836. The molecule has 1 amide bonds. The van der Waals surface area contributed by atoms with Crippen molar-refractivity contribution in [2.24, 2.45) is 5.41 Å². The summed E-state index contributed by atoms with van der Waals surface area (Å²) in [5, 5.41) is 0. The Morgan fingerprint density at radius 3 is 2.67 bits per heavy atom. The van der Waals surface area contributed by atoms with Crippen LogP contribution in [0.3, 0.4) is 0 Å². The highest BCUT2D eigenvalue weighted by Gasteiger charge is 2.35. The summed E-state index contributed by atoms with van der Waals surface area (Å²) in [6, 6.07) is 0. The van der Waals surface area contributed by atoms with Crippen molar-refractivity contribution >= 4 is 5.91 Å². The second-order valence-electron chi connectivity index (χ2n) is 2.72. The van der Waals surface area contributed by atoms with Crippen LogP contribution in [0.5, 0.6) is 0 Å². The van der Waals surface area contributed by atoms with Gasteiger partial charge < -0.3 is 0 Å². The van der Waals surface area contributed by atoms with E-state index in [0.717, 1.165) is 13.0 Å². The van der Waals surface area contributed by atoms with Gasteiger partial charge in [0.1, 0.15) is 0 Å². The third kappa shape index (κ3) is 0.920. The van der Waals surface area contributed by atoms with Crippen LogP contribution in [0, 0.1) is 5.41 Å². The van der Waals surface area contributed by atoms with E-state index in [0.29, 0.717) is 0 Å². The van der Waals surface area contributed by atoms with E-state index in [1.807, 2.05) is 13.8 Å². The van der Waals surface area contributed by atoms with E-state index in [4.69, 9.17) is 0 Å². The highest BCUT2D eigenvalue weighted by atomic mass is 16.2. The summed E-state index contributed by atoms with van der Waals surface area (Å²) >= 11 is 0. The highest BCUT2D eigenvalue weighted by molar-refractivity contribution is 5.83. The van der Waals surface area contributed by atoms with Gasteiger partial charge in [-0.05, 0) is 13.3 Å². The van der Waals surface area contributed by atoms with Crippen LogP contribution in [-0.2, 0) is 4.79 Å². The van der Waals surface area contributed by atoms with Gasteiger partial charge in [-0.1, -0.05) is 6.92 Å². The third-order valence-electron chi connectivity index (χ3n) is 2.01. The van der Waals surface area contributed by atoms with Crippen LogP contribution < -0.4 is 10.9 Å². The Hall–Kier alpha value is -0.570. The summed E-state index contributed by atoms with van der Waals surface area (Å²) in [7, 11) is 0. The van der Waals surface area contributed by atoms with Crippen molar-refractivity contribution in [1.82, 2.24) is 10.9 Å². The number of rotatable bonds is 1. The topological polar surface area (TPSA) is 41.1 Å². The molecule has 3 heteroatoms. The van der Waals surface area contributed by atoms with Crippen molar-refractivity contribution in [3.05, 3.63) is 0 Å². The molecule has 9 heavy (non-hydrogen) atoms. The lowest BCUT2D eigenvalue weighted by Crippen LogP contribution is -2.29. The van der Waals surface area contributed by atoms with Crippen molar-refractivity contribution < 1.29 is 4.79 Å². The smallest absolute Gasteiger partial charge is 0.241 e. The minimum atomic E-state index is -0.167. The highest BCUT2D eigenvalue weighted by Crippen LogP contribution is 2.22. The average molecular weight is 128 g/mol. The van der Waals surface area contributed by atoms with Crippen LogP contribution in [0.4, 0.5) is 0 Å². The number of hydrogen-bond donors (Lipinski definition) is 2. The molecule has 1 rings (SSSR count). The molecule has 52 valence electrons. The molecule has 1 aliphatic heterocycles. The van der Waals surface area contributed by atoms with Crippen molar-refractivity contribution in [2.75, 3.05) is 6.54 Å². The molecule has 1 aliphatic rings. The minimum absolute atomic E-state index is 0.116. The van der Waals surface area contributed by atoms with E-state index in [-0.39, 0.29) is 11.3 Å². The lowest BCUT2D eigenvalue weighted by molar-refractivity contribution is -0.126. The molecule has 0 bridgehead atoms. The van der Waals surface area contributed by atoms with Gasteiger partial charge in [0.05, 0.1) is 5.41 Å². The maximum atomic E-state index is 11.0. The number of hydrogen-bond acceptors (Lipinski definition) is 2. The van der Waals surface area contributed by atoms with E-state index >= 15 is 0 Å². The predicted octanol–water partition coefficient (Wildman–Crippen LogP) is 0.0371. The van der Waals surface area contributed by atoms with Crippen molar-refractivity contribution in [3.8, 4) is 0 Å². The van der Waals surface area contributed by atoms with Gasteiger partial charge in [-0.25, -0.2) is 5.43 Å². The zero-order chi connectivity index (χ0) is 6.91. The van der Waals surface area contributed by atoms with Gasteiger partial charge in [0.25, 0.3) is 0 Å². The number of carbonyl (C=O) groups excluding carboxylic acids is 1. The first-order chi connectivity index (χ1) is 4.19. The number of amides is 1. The molecule has 0 aromatic heterocycles. The van der Waals surface area contributed by atoms with Crippen molar-refractivity contribution in [3.63, 3.8) is 0 Å². The van der Waals surface area contributed by atoms with Gasteiger partial charge >= 0.3 is 0 Å². The maximum Gasteiger partial charge on any atom is 0.241 e. The monoisotopic (exact) mass is 128 g/mol. The Labute approximate surface area is 54.8 Å². The van der Waals surface area contributed by atoms with Gasteiger partial charge in [-0.3, -0.25) is 10.2 Å². The van der Waals surface area contributed by atoms with Gasteiger partial charge in [-0.15, -0.1) is 0 Å². The molecule has 0 aliphatic carbocycles. The summed E-state index contributed by atoms with van der Waals surface area (Å²) in [6.07, 6.45) is 0.895. The third-order valence-corrected chi connectivity index (χ3v) is 2.01. The van der Waals surface area contributed by atoms with Crippen LogP contribution >= 0.6 is 0 Å². The zero-order valence-corrected chi connectivity index (χ0v) is 5.82. The first kappa shape index (κ1) is 6.55. The number of nitrogens with one attached hydrogen (secondary N) is 2. The van der Waals surface area contributed by atoms with Gasteiger partial charge in [-0.2, -0.15) is 0 Å².